The van der Waals surface area contributed by atoms with E-state index in [1.807, 2.05) is 12.1 Å². The first-order chi connectivity index (χ1) is 16.2. The van der Waals surface area contributed by atoms with Crippen molar-refractivity contribution in [3.63, 3.8) is 0 Å². The smallest absolute Gasteiger partial charge is 0.316 e. The van der Waals surface area contributed by atoms with Gasteiger partial charge in [-0.15, -0.1) is 0 Å². The predicted molar refractivity (Wildman–Crippen MR) is 129 cm³/mol. The van der Waals surface area contributed by atoms with Crippen LogP contribution >= 0.6 is 0 Å². The van der Waals surface area contributed by atoms with Gasteiger partial charge in [0.05, 0.1) is 16.6 Å². The molecule has 4 aromatic rings. The van der Waals surface area contributed by atoms with Crippen LogP contribution in [0.3, 0.4) is 0 Å². The second-order valence-electron chi connectivity index (χ2n) is 8.87. The monoisotopic (exact) mass is 444 g/mol. The van der Waals surface area contributed by atoms with Gasteiger partial charge in [0.1, 0.15) is 17.7 Å². The highest BCUT2D eigenvalue weighted by Gasteiger charge is 2.16. The van der Waals surface area contributed by atoms with Gasteiger partial charge in [-0.1, -0.05) is 31.9 Å². The molecule has 1 aliphatic rings. The Morgan fingerprint density at radius 3 is 2.58 bits per heavy atom. The third kappa shape index (κ3) is 4.90. The fraction of sp³-hybridized carbons (Fsp3) is 0.370. The van der Waals surface area contributed by atoms with E-state index in [1.165, 1.54) is 30.9 Å². The van der Waals surface area contributed by atoms with Crippen LogP contribution in [0.15, 0.2) is 48.8 Å². The number of aromatic amines is 1. The van der Waals surface area contributed by atoms with Gasteiger partial charge in [0.2, 0.25) is 0 Å². The first-order valence-corrected chi connectivity index (χ1v) is 12.0. The van der Waals surface area contributed by atoms with Gasteiger partial charge in [0.15, 0.2) is 0 Å². The molecule has 6 heteroatoms. The van der Waals surface area contributed by atoms with Crippen molar-refractivity contribution in [3.8, 4) is 28.5 Å². The number of imidazole rings is 1. The number of fused-ring (bicyclic) bond motifs is 1. The fourth-order valence-corrected chi connectivity index (χ4v) is 4.47. The lowest BCUT2D eigenvalue weighted by atomic mass is 9.98. The Morgan fingerprint density at radius 1 is 1.00 bits per heavy atom. The van der Waals surface area contributed by atoms with Crippen molar-refractivity contribution in [2.24, 2.45) is 0 Å². The maximum absolute atomic E-state index is 15.1. The molecule has 2 heterocycles. The Hall–Kier alpha value is -3.28. The predicted octanol–water partition coefficient (Wildman–Crippen LogP) is 6.88. The molecule has 0 unspecified atom stereocenters. The molecule has 0 radical (unpaired) electrons. The summed E-state index contributed by atoms with van der Waals surface area (Å²) in [6.07, 6.45) is 12.7. The zero-order chi connectivity index (χ0) is 22.6. The van der Waals surface area contributed by atoms with E-state index in [9.17, 15) is 0 Å². The van der Waals surface area contributed by atoms with Gasteiger partial charge < -0.3 is 9.72 Å². The van der Waals surface area contributed by atoms with Crippen LogP contribution in [0.4, 0.5) is 4.39 Å². The summed E-state index contributed by atoms with van der Waals surface area (Å²) in [5.74, 6) is 0.203. The van der Waals surface area contributed by atoms with E-state index in [-0.39, 0.29) is 11.9 Å². The van der Waals surface area contributed by atoms with Crippen molar-refractivity contribution in [1.29, 1.82) is 0 Å². The van der Waals surface area contributed by atoms with E-state index < -0.39 is 0 Å². The van der Waals surface area contributed by atoms with Crippen molar-refractivity contribution in [1.82, 2.24) is 19.9 Å². The molecule has 2 aromatic carbocycles. The van der Waals surface area contributed by atoms with Gasteiger partial charge in [-0.25, -0.2) is 19.3 Å². The molecule has 1 N–H and O–H groups in total. The number of halogens is 1. The van der Waals surface area contributed by atoms with Gasteiger partial charge in [0, 0.05) is 18.0 Å². The average molecular weight is 445 g/mol. The maximum atomic E-state index is 15.1. The van der Waals surface area contributed by atoms with Crippen LogP contribution in [-0.4, -0.2) is 26.0 Å². The summed E-state index contributed by atoms with van der Waals surface area (Å²) < 4.78 is 21.0. The van der Waals surface area contributed by atoms with Crippen LogP contribution in [0.5, 0.6) is 6.01 Å². The lowest BCUT2D eigenvalue weighted by Gasteiger charge is -2.21. The quantitative estimate of drug-likeness (QED) is 0.337. The molecule has 5 nitrogen and oxygen atoms in total. The number of ether oxygens (including phenoxy) is 1. The highest BCUT2D eigenvalue weighted by molar-refractivity contribution is 5.80. The Balaban J connectivity index is 1.33. The standard InChI is InChI=1S/C27H29FN4O/c1-2-3-7-18-10-13-24-25(14-18)32-26(31-24)22-12-11-19(15-23(22)28)20-16-29-27(30-17-20)33-21-8-5-4-6-9-21/h10-17,21H,2-9H2,1H3,(H,31,32). The lowest BCUT2D eigenvalue weighted by Crippen LogP contribution is -2.20. The number of unbranched alkanes of at least 4 members (excludes halogenated alkanes) is 1. The number of benzene rings is 2. The van der Waals surface area contributed by atoms with Crippen molar-refractivity contribution >= 4 is 11.0 Å². The van der Waals surface area contributed by atoms with Crippen LogP contribution in [0, 0.1) is 5.82 Å². The SMILES string of the molecule is CCCCc1ccc2nc(-c3ccc(-c4cnc(OC5CCCCC5)nc4)cc3F)[nH]c2c1. The molecule has 5 rings (SSSR count). The second kappa shape index (κ2) is 9.69. The minimum Gasteiger partial charge on any atom is -0.460 e. The van der Waals surface area contributed by atoms with Crippen LogP contribution < -0.4 is 4.74 Å². The normalized spacial score (nSPS) is 14.6. The Kier molecular flexibility index (Phi) is 6.33. The number of nitrogens with one attached hydrogen (secondary N) is 1. The van der Waals surface area contributed by atoms with Gasteiger partial charge in [-0.05, 0) is 73.9 Å². The summed E-state index contributed by atoms with van der Waals surface area (Å²) in [4.78, 5) is 16.6. The van der Waals surface area contributed by atoms with Crippen molar-refractivity contribution in [3.05, 3.63) is 60.2 Å². The van der Waals surface area contributed by atoms with Crippen LogP contribution in [0.2, 0.25) is 0 Å². The Bertz CT molecular complexity index is 1230. The number of hydrogen-bond donors (Lipinski definition) is 1. The largest absolute Gasteiger partial charge is 0.460 e. The van der Waals surface area contributed by atoms with Gasteiger partial charge in [-0.3, -0.25) is 0 Å². The van der Waals surface area contributed by atoms with Crippen molar-refractivity contribution < 1.29 is 9.13 Å². The molecule has 0 aliphatic heterocycles. The third-order valence-corrected chi connectivity index (χ3v) is 6.38. The van der Waals surface area contributed by atoms with Crippen LogP contribution in [-0.2, 0) is 6.42 Å². The highest BCUT2D eigenvalue weighted by Crippen LogP contribution is 2.29. The van der Waals surface area contributed by atoms with E-state index in [4.69, 9.17) is 4.74 Å². The van der Waals surface area contributed by atoms with Crippen molar-refractivity contribution in [2.45, 2.75) is 64.4 Å². The molecule has 2 aromatic heterocycles. The number of rotatable bonds is 7. The fourth-order valence-electron chi connectivity index (χ4n) is 4.47. The molecule has 0 atom stereocenters. The van der Waals surface area contributed by atoms with Crippen molar-refractivity contribution in [2.75, 3.05) is 0 Å². The van der Waals surface area contributed by atoms with Gasteiger partial charge in [0.25, 0.3) is 0 Å². The summed E-state index contributed by atoms with van der Waals surface area (Å²) >= 11 is 0. The van der Waals surface area contributed by atoms with Crippen LogP contribution in [0.25, 0.3) is 33.5 Å². The number of H-pyrrole nitrogens is 1. The topological polar surface area (TPSA) is 63.7 Å². The van der Waals surface area contributed by atoms with E-state index in [0.29, 0.717) is 17.4 Å². The summed E-state index contributed by atoms with van der Waals surface area (Å²) in [5.41, 5.74) is 4.97. The first kappa shape index (κ1) is 21.6. The minimum absolute atomic E-state index is 0.202. The number of hydrogen-bond acceptors (Lipinski definition) is 4. The third-order valence-electron chi connectivity index (χ3n) is 6.38. The lowest BCUT2D eigenvalue weighted by molar-refractivity contribution is 0.142. The van der Waals surface area contributed by atoms with Gasteiger partial charge >= 0.3 is 6.01 Å². The number of nitrogens with zero attached hydrogens (tertiary/aromatic N) is 3. The van der Waals surface area contributed by atoms with E-state index in [0.717, 1.165) is 54.3 Å². The van der Waals surface area contributed by atoms with E-state index in [1.54, 1.807) is 18.5 Å². The molecule has 0 bridgehead atoms. The molecule has 1 fully saturated rings. The summed E-state index contributed by atoms with van der Waals surface area (Å²) in [7, 11) is 0. The first-order valence-electron chi connectivity index (χ1n) is 12.0. The van der Waals surface area contributed by atoms with Gasteiger partial charge in [-0.2, -0.15) is 0 Å². The Morgan fingerprint density at radius 2 is 1.82 bits per heavy atom. The minimum atomic E-state index is -0.333. The summed E-state index contributed by atoms with van der Waals surface area (Å²) in [6.45, 7) is 2.19. The molecule has 0 spiro atoms. The summed E-state index contributed by atoms with van der Waals surface area (Å²) in [6, 6.07) is 11.7. The maximum Gasteiger partial charge on any atom is 0.316 e. The highest BCUT2D eigenvalue weighted by atomic mass is 19.1. The zero-order valence-corrected chi connectivity index (χ0v) is 19.0. The molecule has 1 aliphatic carbocycles. The molecule has 33 heavy (non-hydrogen) atoms. The van der Waals surface area contributed by atoms with E-state index >= 15 is 4.39 Å². The van der Waals surface area contributed by atoms with E-state index in [2.05, 4.69) is 39.0 Å². The zero-order valence-electron chi connectivity index (χ0n) is 19.0. The molecular weight excluding hydrogens is 415 g/mol. The molecular formula is C27H29FN4O. The molecule has 0 amide bonds. The number of aromatic nitrogens is 4. The molecule has 0 saturated heterocycles. The Labute approximate surface area is 193 Å². The number of aryl methyl sites for hydroxylation is 1. The van der Waals surface area contributed by atoms with Crippen LogP contribution in [0.1, 0.15) is 57.4 Å². The summed E-state index contributed by atoms with van der Waals surface area (Å²) in [5, 5.41) is 0. The average Bonchev–Trinajstić information content (AvgIpc) is 3.27. The molecule has 170 valence electrons. The molecule has 1 saturated carbocycles. The second-order valence-corrected chi connectivity index (χ2v) is 8.87.